The van der Waals surface area contributed by atoms with E-state index in [1.54, 1.807) is 6.07 Å². The molecule has 0 radical (unpaired) electrons. The number of hydrogen-bond donors (Lipinski definition) is 4. The summed E-state index contributed by atoms with van der Waals surface area (Å²) >= 11 is 0. The van der Waals surface area contributed by atoms with Crippen LogP contribution in [0.5, 0.6) is 5.75 Å². The molecule has 0 saturated carbocycles. The maximum Gasteiger partial charge on any atom is 0.243 e. The molecular formula is C30H41FN4O5. The first-order chi connectivity index (χ1) is 19.2. The Hall–Kier alpha value is -3.50. The number of nitrogens with one attached hydrogen (secondary N) is 2. The second kappa shape index (κ2) is 15.3. The lowest BCUT2D eigenvalue weighted by Crippen LogP contribution is -2.55. The van der Waals surface area contributed by atoms with Crippen molar-refractivity contribution in [2.45, 2.75) is 76.6 Å². The summed E-state index contributed by atoms with van der Waals surface area (Å²) in [6.45, 7) is 3.08. The van der Waals surface area contributed by atoms with Crippen LogP contribution in [0.1, 0.15) is 55.7 Å². The Bertz CT molecular complexity index is 1160. The molecule has 0 spiro atoms. The molecule has 40 heavy (non-hydrogen) atoms. The van der Waals surface area contributed by atoms with Gasteiger partial charge < -0.3 is 31.1 Å². The molecule has 9 nitrogen and oxygen atoms in total. The van der Waals surface area contributed by atoms with Crippen molar-refractivity contribution in [3.63, 3.8) is 0 Å². The molecule has 0 saturated heterocycles. The summed E-state index contributed by atoms with van der Waals surface area (Å²) in [4.78, 5) is 39.3. The van der Waals surface area contributed by atoms with Crippen LogP contribution in [0.4, 0.5) is 4.39 Å². The summed E-state index contributed by atoms with van der Waals surface area (Å²) in [6.07, 6.45) is 1.71. The van der Waals surface area contributed by atoms with Crippen LogP contribution in [-0.2, 0) is 33.8 Å². The molecule has 3 atom stereocenters. The number of nitrogens with two attached hydrogens (primary N) is 1. The zero-order valence-corrected chi connectivity index (χ0v) is 23.3. The summed E-state index contributed by atoms with van der Waals surface area (Å²) in [7, 11) is 1.47. The number of amides is 3. The van der Waals surface area contributed by atoms with Crippen molar-refractivity contribution in [2.75, 3.05) is 20.2 Å². The van der Waals surface area contributed by atoms with Crippen LogP contribution in [0.2, 0.25) is 0 Å². The number of rotatable bonds is 8. The van der Waals surface area contributed by atoms with Crippen LogP contribution in [0, 0.1) is 5.82 Å². The van der Waals surface area contributed by atoms with Crippen molar-refractivity contribution >= 4 is 17.7 Å². The average molecular weight is 557 g/mol. The Kier molecular flexibility index (Phi) is 11.9. The van der Waals surface area contributed by atoms with Crippen LogP contribution in [0.15, 0.2) is 42.5 Å². The molecule has 10 heteroatoms. The molecule has 3 rings (SSSR count). The van der Waals surface area contributed by atoms with Gasteiger partial charge in [0.2, 0.25) is 17.7 Å². The molecule has 1 unspecified atom stereocenters. The number of nitrogens with zero attached hydrogens (tertiary/aromatic N) is 1. The molecule has 0 aromatic heterocycles. The number of carbonyl (C=O) groups is 3. The van der Waals surface area contributed by atoms with E-state index in [1.165, 1.54) is 29.6 Å². The number of hydrogen-bond acceptors (Lipinski definition) is 6. The van der Waals surface area contributed by atoms with Gasteiger partial charge in [-0.1, -0.05) is 31.2 Å². The SMILES string of the molecule is CCc1cccc(CNC[C@@H](O)[C@@H]2Cc3cc(F)cc(c3)OCCCCCC(=O)N(C)C(CC(N)=O)C(=O)N2)c1. The Labute approximate surface area is 235 Å². The fourth-order valence-electron chi connectivity index (χ4n) is 4.80. The highest BCUT2D eigenvalue weighted by molar-refractivity contribution is 5.91. The molecule has 2 bridgehead atoms. The number of halogens is 1. The van der Waals surface area contributed by atoms with E-state index < -0.39 is 35.8 Å². The number of aliphatic hydroxyl groups excluding tert-OH is 1. The van der Waals surface area contributed by atoms with Crippen molar-refractivity contribution in [2.24, 2.45) is 5.73 Å². The minimum absolute atomic E-state index is 0.0922. The van der Waals surface area contributed by atoms with E-state index in [4.69, 9.17) is 10.5 Å². The van der Waals surface area contributed by atoms with Gasteiger partial charge in [0.15, 0.2) is 0 Å². The minimum atomic E-state index is -1.14. The average Bonchev–Trinajstić information content (AvgIpc) is 2.91. The molecule has 1 aliphatic rings. The largest absolute Gasteiger partial charge is 0.493 e. The lowest BCUT2D eigenvalue weighted by molar-refractivity contribution is -0.141. The summed E-state index contributed by atoms with van der Waals surface area (Å²) in [5.41, 5.74) is 8.20. The van der Waals surface area contributed by atoms with Gasteiger partial charge in [0, 0.05) is 32.6 Å². The molecule has 1 aliphatic heterocycles. The second-order valence-electron chi connectivity index (χ2n) is 10.3. The second-order valence-corrected chi connectivity index (χ2v) is 10.3. The summed E-state index contributed by atoms with van der Waals surface area (Å²) in [6, 6.07) is 10.4. The normalized spacial score (nSPS) is 19.9. The highest BCUT2D eigenvalue weighted by Gasteiger charge is 2.32. The molecule has 5 N–H and O–H groups in total. The van der Waals surface area contributed by atoms with Gasteiger partial charge in [-0.2, -0.15) is 0 Å². The minimum Gasteiger partial charge on any atom is -0.493 e. The fraction of sp³-hybridized carbons (Fsp3) is 0.500. The first-order valence-electron chi connectivity index (χ1n) is 13.9. The highest BCUT2D eigenvalue weighted by Crippen LogP contribution is 2.20. The van der Waals surface area contributed by atoms with Crippen molar-refractivity contribution in [1.29, 1.82) is 0 Å². The van der Waals surface area contributed by atoms with Gasteiger partial charge in [-0.3, -0.25) is 14.4 Å². The molecule has 0 aliphatic carbocycles. The lowest BCUT2D eigenvalue weighted by Gasteiger charge is -2.31. The van der Waals surface area contributed by atoms with E-state index in [1.807, 2.05) is 18.2 Å². The first-order valence-corrected chi connectivity index (χ1v) is 13.9. The van der Waals surface area contributed by atoms with E-state index in [-0.39, 0.29) is 31.7 Å². The van der Waals surface area contributed by atoms with Crippen molar-refractivity contribution in [3.05, 3.63) is 65.0 Å². The molecule has 2 aromatic carbocycles. The first kappa shape index (κ1) is 31.0. The lowest BCUT2D eigenvalue weighted by atomic mass is 9.99. The van der Waals surface area contributed by atoms with Gasteiger partial charge in [0.05, 0.1) is 25.2 Å². The van der Waals surface area contributed by atoms with Crippen LogP contribution < -0.4 is 21.1 Å². The van der Waals surface area contributed by atoms with E-state index in [2.05, 4.69) is 23.6 Å². The zero-order valence-electron chi connectivity index (χ0n) is 23.3. The quantitative estimate of drug-likeness (QED) is 0.394. The third kappa shape index (κ3) is 9.60. The zero-order chi connectivity index (χ0) is 29.1. The molecule has 2 aromatic rings. The fourth-order valence-corrected chi connectivity index (χ4v) is 4.80. The van der Waals surface area contributed by atoms with Crippen molar-refractivity contribution in [3.8, 4) is 5.75 Å². The number of fused-ring (bicyclic) bond motifs is 2. The van der Waals surface area contributed by atoms with Crippen LogP contribution in [0.25, 0.3) is 0 Å². The number of aliphatic hydroxyl groups is 1. The third-order valence-corrected chi connectivity index (χ3v) is 7.12. The van der Waals surface area contributed by atoms with Gasteiger partial charge in [-0.05, 0) is 60.9 Å². The van der Waals surface area contributed by atoms with Crippen molar-refractivity contribution in [1.82, 2.24) is 15.5 Å². The number of ether oxygens (including phenoxy) is 1. The Morgan fingerprint density at radius 1 is 1.20 bits per heavy atom. The topological polar surface area (TPSA) is 134 Å². The monoisotopic (exact) mass is 556 g/mol. The molecule has 0 fully saturated rings. The van der Waals surface area contributed by atoms with Crippen LogP contribution >= 0.6 is 0 Å². The van der Waals surface area contributed by atoms with Crippen LogP contribution in [-0.4, -0.2) is 66.1 Å². The predicted octanol–water partition coefficient (Wildman–Crippen LogP) is 2.22. The predicted molar refractivity (Wildman–Crippen MR) is 150 cm³/mol. The van der Waals surface area contributed by atoms with E-state index >= 15 is 0 Å². The maximum absolute atomic E-state index is 14.5. The Morgan fingerprint density at radius 3 is 2.73 bits per heavy atom. The smallest absolute Gasteiger partial charge is 0.243 e. The summed E-state index contributed by atoms with van der Waals surface area (Å²) < 4.78 is 20.2. The molecule has 3 amide bonds. The summed E-state index contributed by atoms with van der Waals surface area (Å²) in [5.74, 6) is -1.75. The Balaban J connectivity index is 1.84. The van der Waals surface area contributed by atoms with Gasteiger partial charge in [-0.15, -0.1) is 0 Å². The summed E-state index contributed by atoms with van der Waals surface area (Å²) in [5, 5.41) is 17.2. The van der Waals surface area contributed by atoms with Gasteiger partial charge in [0.25, 0.3) is 0 Å². The number of primary amides is 1. The third-order valence-electron chi connectivity index (χ3n) is 7.12. The van der Waals surface area contributed by atoms with Gasteiger partial charge >= 0.3 is 0 Å². The number of likely N-dealkylation sites (N-methyl/N-ethyl adjacent to an activating group) is 1. The molecule has 1 heterocycles. The molecular weight excluding hydrogens is 515 g/mol. The van der Waals surface area contributed by atoms with Gasteiger partial charge in [0.1, 0.15) is 17.6 Å². The number of carbonyl (C=O) groups excluding carboxylic acids is 3. The van der Waals surface area contributed by atoms with E-state index in [9.17, 15) is 23.9 Å². The van der Waals surface area contributed by atoms with Crippen molar-refractivity contribution < 1.29 is 28.6 Å². The number of benzene rings is 2. The van der Waals surface area contributed by atoms with E-state index in [0.29, 0.717) is 43.7 Å². The Morgan fingerprint density at radius 2 is 1.98 bits per heavy atom. The van der Waals surface area contributed by atoms with Crippen LogP contribution in [0.3, 0.4) is 0 Å². The molecule has 218 valence electrons. The highest BCUT2D eigenvalue weighted by atomic mass is 19.1. The van der Waals surface area contributed by atoms with Gasteiger partial charge in [-0.25, -0.2) is 4.39 Å². The van der Waals surface area contributed by atoms with E-state index in [0.717, 1.165) is 12.0 Å². The standard InChI is InChI=1S/C30H41FN4O5/c1-3-20-8-7-9-21(12-20)18-33-19-27(36)25-15-22-13-23(31)16-24(14-22)40-11-6-4-5-10-29(38)35(2)26(17-28(32)37)30(39)34-25/h7-9,12-14,16,25-27,33,36H,3-6,10-11,15,17-19H2,1-2H3,(H2,32,37)(H,34,39)/t25-,26?,27+/m0/s1. The maximum atomic E-state index is 14.5. The number of aryl methyl sites for hydroxylation is 1.